The van der Waals surface area contributed by atoms with Crippen molar-refractivity contribution < 1.29 is 14.2 Å². The lowest BCUT2D eigenvalue weighted by atomic mass is 10.2. The largest absolute Gasteiger partial charge is 0.487 e. The molecule has 0 saturated carbocycles. The van der Waals surface area contributed by atoms with Gasteiger partial charge in [-0.1, -0.05) is 30.0 Å². The maximum atomic E-state index is 5.80. The number of nitrogens with one attached hydrogen (secondary N) is 1. The predicted octanol–water partition coefficient (Wildman–Crippen LogP) is 3.69. The molecular weight excluding hydrogens is 298 g/mol. The number of thioether (sulfide) groups is 1. The molecule has 0 spiro atoms. The van der Waals surface area contributed by atoms with Crippen LogP contribution in [0.2, 0.25) is 0 Å². The van der Waals surface area contributed by atoms with Crippen molar-refractivity contribution in [2.75, 3.05) is 31.7 Å². The summed E-state index contributed by atoms with van der Waals surface area (Å²) < 4.78 is 16.9. The van der Waals surface area contributed by atoms with Crippen molar-refractivity contribution in [2.24, 2.45) is 0 Å². The highest BCUT2D eigenvalue weighted by molar-refractivity contribution is 8.00. The van der Waals surface area contributed by atoms with Gasteiger partial charge in [-0.25, -0.2) is 0 Å². The van der Waals surface area contributed by atoms with Crippen LogP contribution in [0.3, 0.4) is 0 Å². The van der Waals surface area contributed by atoms with E-state index in [9.17, 15) is 0 Å². The lowest BCUT2D eigenvalue weighted by molar-refractivity contribution is 0.0877. The monoisotopic (exact) mass is 315 g/mol. The van der Waals surface area contributed by atoms with E-state index in [1.54, 1.807) is 0 Å². The summed E-state index contributed by atoms with van der Waals surface area (Å²) in [5.74, 6) is 1.58. The first-order valence-electron chi connectivity index (χ1n) is 7.40. The number of hydrogen-bond donors (Lipinski definition) is 1. The second-order valence-corrected chi connectivity index (χ2v) is 6.30. The molecule has 1 atom stereocenters. The molecule has 0 aliphatic carbocycles. The number of ether oxygens (including phenoxy) is 3. The number of anilines is 1. The normalized spacial score (nSPS) is 20.3. The van der Waals surface area contributed by atoms with Crippen molar-refractivity contribution in [3.8, 4) is 11.5 Å². The second-order valence-electron chi connectivity index (χ2n) is 5.15. The van der Waals surface area contributed by atoms with Crippen LogP contribution in [0.15, 0.2) is 47.4 Å². The van der Waals surface area contributed by atoms with Gasteiger partial charge in [0.1, 0.15) is 18.6 Å². The van der Waals surface area contributed by atoms with Crippen molar-refractivity contribution in [2.45, 2.75) is 10.3 Å². The van der Waals surface area contributed by atoms with E-state index in [0.717, 1.165) is 11.5 Å². The minimum absolute atomic E-state index is 0.204. The van der Waals surface area contributed by atoms with E-state index >= 15 is 0 Å². The van der Waals surface area contributed by atoms with Gasteiger partial charge in [0.05, 0.1) is 13.2 Å². The van der Waals surface area contributed by atoms with Crippen LogP contribution in [0.25, 0.3) is 0 Å². The van der Waals surface area contributed by atoms with E-state index in [1.165, 1.54) is 16.1 Å². The molecule has 5 heteroatoms. The number of para-hydroxylation sites is 1. The van der Waals surface area contributed by atoms with Gasteiger partial charge in [0.15, 0.2) is 11.5 Å². The summed E-state index contributed by atoms with van der Waals surface area (Å²) >= 11 is 1.82. The van der Waals surface area contributed by atoms with Gasteiger partial charge < -0.3 is 19.5 Å². The standard InChI is InChI=1S/C17H17NO3S/c1-2-4-16-13(3-1)18-17(22-16)12-5-6-14-15(11-12)21-10-8-19-7-9-20-14/h1-6,11,17-18H,7-10H2. The Morgan fingerprint density at radius 1 is 0.909 bits per heavy atom. The smallest absolute Gasteiger partial charge is 0.161 e. The highest BCUT2D eigenvalue weighted by Gasteiger charge is 2.23. The Balaban J connectivity index is 1.59. The van der Waals surface area contributed by atoms with Crippen LogP contribution < -0.4 is 14.8 Å². The first kappa shape index (κ1) is 13.8. The van der Waals surface area contributed by atoms with Crippen molar-refractivity contribution >= 4 is 17.4 Å². The number of rotatable bonds is 1. The molecule has 2 aliphatic heterocycles. The summed E-state index contributed by atoms with van der Waals surface area (Å²) in [5, 5.41) is 3.74. The van der Waals surface area contributed by atoms with Crippen molar-refractivity contribution in [3.05, 3.63) is 48.0 Å². The molecule has 0 saturated heterocycles. The molecule has 0 radical (unpaired) electrons. The maximum Gasteiger partial charge on any atom is 0.161 e. The Morgan fingerprint density at radius 2 is 1.73 bits per heavy atom. The fourth-order valence-electron chi connectivity index (χ4n) is 2.58. The Morgan fingerprint density at radius 3 is 2.59 bits per heavy atom. The summed E-state index contributed by atoms with van der Waals surface area (Å²) in [7, 11) is 0. The predicted molar refractivity (Wildman–Crippen MR) is 86.9 cm³/mol. The molecule has 4 nitrogen and oxygen atoms in total. The molecular formula is C17H17NO3S. The van der Waals surface area contributed by atoms with Gasteiger partial charge >= 0.3 is 0 Å². The van der Waals surface area contributed by atoms with E-state index < -0.39 is 0 Å². The molecule has 2 aromatic carbocycles. The van der Waals surface area contributed by atoms with E-state index in [0.29, 0.717) is 26.4 Å². The third-order valence-corrected chi connectivity index (χ3v) is 4.90. The molecule has 0 bridgehead atoms. The number of benzene rings is 2. The molecule has 22 heavy (non-hydrogen) atoms. The van der Waals surface area contributed by atoms with Gasteiger partial charge in [-0.15, -0.1) is 0 Å². The Kier molecular flexibility index (Phi) is 3.83. The lowest BCUT2D eigenvalue weighted by Crippen LogP contribution is -2.08. The van der Waals surface area contributed by atoms with Gasteiger partial charge in [-0.3, -0.25) is 0 Å². The first-order chi connectivity index (χ1) is 10.9. The molecule has 0 fully saturated rings. The lowest BCUT2D eigenvalue weighted by Gasteiger charge is -2.15. The van der Waals surface area contributed by atoms with Gasteiger partial charge in [0.2, 0.25) is 0 Å². The minimum Gasteiger partial charge on any atom is -0.487 e. The molecule has 0 amide bonds. The van der Waals surface area contributed by atoms with E-state index in [-0.39, 0.29) is 5.37 Å². The summed E-state index contributed by atoms with van der Waals surface area (Å²) in [6, 6.07) is 14.5. The molecule has 1 unspecified atom stereocenters. The second kappa shape index (κ2) is 6.10. The van der Waals surface area contributed by atoms with Crippen molar-refractivity contribution in [3.63, 3.8) is 0 Å². The number of fused-ring (bicyclic) bond motifs is 2. The molecule has 114 valence electrons. The van der Waals surface area contributed by atoms with Crippen LogP contribution in [0.1, 0.15) is 10.9 Å². The third kappa shape index (κ3) is 2.74. The van der Waals surface area contributed by atoms with Crippen LogP contribution in [-0.4, -0.2) is 26.4 Å². The van der Waals surface area contributed by atoms with Crippen molar-refractivity contribution in [1.82, 2.24) is 0 Å². The minimum atomic E-state index is 0.204. The van der Waals surface area contributed by atoms with E-state index in [1.807, 2.05) is 17.8 Å². The van der Waals surface area contributed by atoms with Crippen LogP contribution in [0.4, 0.5) is 5.69 Å². The van der Waals surface area contributed by atoms with E-state index in [2.05, 4.69) is 41.7 Å². The molecule has 2 aromatic rings. The summed E-state index contributed by atoms with van der Waals surface area (Å²) in [4.78, 5) is 1.28. The maximum absolute atomic E-state index is 5.80. The molecule has 1 N–H and O–H groups in total. The SMILES string of the molecule is c1ccc2c(c1)NC(c1ccc3c(c1)OCCOCCO3)S2. The molecule has 4 rings (SSSR count). The highest BCUT2D eigenvalue weighted by Crippen LogP contribution is 2.47. The Hall–Kier alpha value is -1.85. The molecule has 0 aromatic heterocycles. The van der Waals surface area contributed by atoms with Crippen molar-refractivity contribution in [1.29, 1.82) is 0 Å². The number of hydrogen-bond acceptors (Lipinski definition) is 5. The Bertz CT molecular complexity index is 652. The first-order valence-corrected chi connectivity index (χ1v) is 8.28. The van der Waals surface area contributed by atoms with Gasteiger partial charge in [0, 0.05) is 10.6 Å². The zero-order valence-electron chi connectivity index (χ0n) is 12.1. The fourth-order valence-corrected chi connectivity index (χ4v) is 3.71. The summed E-state index contributed by atoms with van der Waals surface area (Å²) in [6.45, 7) is 2.29. The van der Waals surface area contributed by atoms with Crippen LogP contribution in [0.5, 0.6) is 11.5 Å². The quantitative estimate of drug-likeness (QED) is 0.869. The van der Waals surface area contributed by atoms with Crippen LogP contribution >= 0.6 is 11.8 Å². The van der Waals surface area contributed by atoms with Gasteiger partial charge in [-0.05, 0) is 29.8 Å². The summed E-state index contributed by atoms with van der Waals surface area (Å²) in [6.07, 6.45) is 0. The zero-order valence-corrected chi connectivity index (χ0v) is 12.9. The molecule has 2 heterocycles. The highest BCUT2D eigenvalue weighted by atomic mass is 32.2. The summed E-state index contributed by atoms with van der Waals surface area (Å²) in [5.41, 5.74) is 2.37. The molecule has 2 aliphatic rings. The third-order valence-electron chi connectivity index (χ3n) is 3.66. The Labute approximate surface area is 133 Å². The van der Waals surface area contributed by atoms with Crippen LogP contribution in [-0.2, 0) is 4.74 Å². The fraction of sp³-hybridized carbons (Fsp3) is 0.294. The van der Waals surface area contributed by atoms with Gasteiger partial charge in [0.25, 0.3) is 0 Å². The van der Waals surface area contributed by atoms with E-state index in [4.69, 9.17) is 14.2 Å². The van der Waals surface area contributed by atoms with Crippen LogP contribution in [0, 0.1) is 0 Å². The average Bonchev–Trinajstić information content (AvgIpc) is 3.02. The topological polar surface area (TPSA) is 39.7 Å². The average molecular weight is 315 g/mol. The van der Waals surface area contributed by atoms with Gasteiger partial charge in [-0.2, -0.15) is 0 Å². The zero-order chi connectivity index (χ0) is 14.8.